The molecular formula is C17H23N5O2. The summed E-state index contributed by atoms with van der Waals surface area (Å²) in [6, 6.07) is 7.45. The van der Waals surface area contributed by atoms with Crippen molar-refractivity contribution < 1.29 is 9.53 Å². The molecule has 1 aromatic heterocycles. The van der Waals surface area contributed by atoms with E-state index in [9.17, 15) is 4.79 Å². The fourth-order valence-corrected chi connectivity index (χ4v) is 3.17. The maximum atomic E-state index is 12.4. The molecule has 0 saturated heterocycles. The van der Waals surface area contributed by atoms with Crippen molar-refractivity contribution in [3.05, 3.63) is 36.9 Å². The van der Waals surface area contributed by atoms with Crippen LogP contribution in [0.5, 0.6) is 5.75 Å². The number of amides is 1. The zero-order chi connectivity index (χ0) is 16.8. The molecule has 1 aromatic carbocycles. The molecule has 0 spiro atoms. The molecule has 1 aliphatic rings. The lowest BCUT2D eigenvalue weighted by molar-refractivity contribution is -0.120. The molecule has 1 aliphatic carbocycles. The number of aromatic nitrogens is 3. The van der Waals surface area contributed by atoms with Crippen molar-refractivity contribution in [3.8, 4) is 5.75 Å². The van der Waals surface area contributed by atoms with Crippen molar-refractivity contribution in [1.29, 1.82) is 0 Å². The van der Waals surface area contributed by atoms with Crippen molar-refractivity contribution in [3.63, 3.8) is 0 Å². The Bertz CT molecular complexity index is 659. The average Bonchev–Trinajstić information content (AvgIpc) is 3.26. The third kappa shape index (κ3) is 4.11. The Morgan fingerprint density at radius 3 is 3.12 bits per heavy atom. The molecule has 1 heterocycles. The van der Waals surface area contributed by atoms with E-state index in [0.29, 0.717) is 25.6 Å². The minimum absolute atomic E-state index is 0.0203. The molecule has 2 atom stereocenters. The van der Waals surface area contributed by atoms with E-state index in [1.165, 1.54) is 6.33 Å². The van der Waals surface area contributed by atoms with E-state index in [-0.39, 0.29) is 11.8 Å². The van der Waals surface area contributed by atoms with E-state index in [0.717, 1.165) is 30.7 Å². The van der Waals surface area contributed by atoms with E-state index in [4.69, 9.17) is 10.5 Å². The number of nitrogens with two attached hydrogens (primary N) is 1. The first-order valence-electron chi connectivity index (χ1n) is 8.32. The number of nitrogens with zero attached hydrogens (tertiary/aromatic N) is 3. The fraction of sp³-hybridized carbons (Fsp3) is 0.471. The molecule has 2 aromatic rings. The molecule has 0 radical (unpaired) electrons. The number of ether oxygens (including phenoxy) is 1. The van der Waals surface area contributed by atoms with Gasteiger partial charge in [0.1, 0.15) is 25.0 Å². The summed E-state index contributed by atoms with van der Waals surface area (Å²) in [4.78, 5) is 16.3. The summed E-state index contributed by atoms with van der Waals surface area (Å²) in [6.07, 6.45) is 6.18. The zero-order valence-corrected chi connectivity index (χ0v) is 13.6. The van der Waals surface area contributed by atoms with Gasteiger partial charge < -0.3 is 15.8 Å². The third-order valence-electron chi connectivity index (χ3n) is 4.46. The first-order valence-corrected chi connectivity index (χ1v) is 8.32. The lowest BCUT2D eigenvalue weighted by atomic mass is 9.95. The van der Waals surface area contributed by atoms with Crippen LogP contribution in [0.1, 0.15) is 19.3 Å². The van der Waals surface area contributed by atoms with Crippen molar-refractivity contribution in [2.75, 3.05) is 18.5 Å². The molecule has 7 nitrogen and oxygen atoms in total. The van der Waals surface area contributed by atoms with E-state index >= 15 is 0 Å². The standard InChI is InChI=1S/C17H23N5O2/c18-10-13-3-1-6-16(13)17(23)21-14-4-2-5-15(9-14)24-8-7-22-12-19-11-20-22/h2,4-5,9,11-13,16H,1,3,6-8,10,18H2,(H,21,23)/t13-,16-/m1/s1. The minimum atomic E-state index is 0.0203. The normalized spacial score (nSPS) is 20.0. The van der Waals surface area contributed by atoms with Gasteiger partial charge in [0.25, 0.3) is 0 Å². The van der Waals surface area contributed by atoms with Crippen LogP contribution in [0.4, 0.5) is 5.69 Å². The van der Waals surface area contributed by atoms with Gasteiger partial charge in [-0.1, -0.05) is 12.5 Å². The molecule has 0 aliphatic heterocycles. The zero-order valence-electron chi connectivity index (χ0n) is 13.6. The van der Waals surface area contributed by atoms with Crippen LogP contribution in [-0.2, 0) is 11.3 Å². The Morgan fingerprint density at radius 1 is 1.42 bits per heavy atom. The van der Waals surface area contributed by atoms with Crippen LogP contribution in [0.25, 0.3) is 0 Å². The van der Waals surface area contributed by atoms with Crippen molar-refractivity contribution in [1.82, 2.24) is 14.8 Å². The van der Waals surface area contributed by atoms with E-state index in [1.54, 1.807) is 11.0 Å². The molecule has 0 unspecified atom stereocenters. The van der Waals surface area contributed by atoms with E-state index in [2.05, 4.69) is 15.4 Å². The summed E-state index contributed by atoms with van der Waals surface area (Å²) >= 11 is 0. The number of carbonyl (C=O) groups is 1. The maximum Gasteiger partial charge on any atom is 0.227 e. The number of hydrogen-bond donors (Lipinski definition) is 2. The molecule has 3 rings (SSSR count). The van der Waals surface area contributed by atoms with Gasteiger partial charge in [-0.05, 0) is 37.4 Å². The quantitative estimate of drug-likeness (QED) is 0.806. The topological polar surface area (TPSA) is 95.1 Å². The number of anilines is 1. The third-order valence-corrected chi connectivity index (χ3v) is 4.46. The Hall–Kier alpha value is -2.41. The first-order chi connectivity index (χ1) is 11.8. The van der Waals surface area contributed by atoms with Gasteiger partial charge in [0, 0.05) is 17.7 Å². The number of hydrogen-bond acceptors (Lipinski definition) is 5. The van der Waals surface area contributed by atoms with Crippen LogP contribution in [0.2, 0.25) is 0 Å². The lowest BCUT2D eigenvalue weighted by Gasteiger charge is -2.17. The summed E-state index contributed by atoms with van der Waals surface area (Å²) in [5, 5.41) is 7.01. The van der Waals surface area contributed by atoms with E-state index < -0.39 is 0 Å². The molecule has 7 heteroatoms. The highest BCUT2D eigenvalue weighted by atomic mass is 16.5. The Morgan fingerprint density at radius 2 is 2.33 bits per heavy atom. The second-order valence-corrected chi connectivity index (χ2v) is 6.06. The fourth-order valence-electron chi connectivity index (χ4n) is 3.17. The molecular weight excluding hydrogens is 306 g/mol. The van der Waals surface area contributed by atoms with Crippen LogP contribution in [-0.4, -0.2) is 33.8 Å². The molecule has 3 N–H and O–H groups in total. The minimum Gasteiger partial charge on any atom is -0.492 e. The van der Waals surface area contributed by atoms with Gasteiger partial charge in [-0.2, -0.15) is 5.10 Å². The van der Waals surface area contributed by atoms with Crippen molar-refractivity contribution in [2.45, 2.75) is 25.8 Å². The summed E-state index contributed by atoms with van der Waals surface area (Å²) in [5.41, 5.74) is 6.51. The molecule has 1 saturated carbocycles. The van der Waals surface area contributed by atoms with Crippen molar-refractivity contribution >= 4 is 11.6 Å². The summed E-state index contributed by atoms with van der Waals surface area (Å²) in [6.45, 7) is 1.68. The highest BCUT2D eigenvalue weighted by Crippen LogP contribution is 2.32. The predicted octanol–water partition coefficient (Wildman–Crippen LogP) is 1.67. The molecule has 0 bridgehead atoms. The summed E-state index contributed by atoms with van der Waals surface area (Å²) in [5.74, 6) is 1.09. The summed E-state index contributed by atoms with van der Waals surface area (Å²) < 4.78 is 7.42. The maximum absolute atomic E-state index is 12.4. The highest BCUT2D eigenvalue weighted by Gasteiger charge is 2.31. The Balaban J connectivity index is 1.53. The van der Waals surface area contributed by atoms with Gasteiger partial charge in [0.15, 0.2) is 0 Å². The molecule has 128 valence electrons. The molecule has 24 heavy (non-hydrogen) atoms. The van der Waals surface area contributed by atoms with Gasteiger partial charge >= 0.3 is 0 Å². The Labute approximate surface area is 141 Å². The van der Waals surface area contributed by atoms with Crippen LogP contribution >= 0.6 is 0 Å². The first kappa shape index (κ1) is 16.4. The number of carbonyl (C=O) groups excluding carboxylic acids is 1. The van der Waals surface area contributed by atoms with Gasteiger partial charge in [0.05, 0.1) is 6.54 Å². The number of benzene rings is 1. The Kier molecular flexibility index (Phi) is 5.43. The average molecular weight is 329 g/mol. The lowest BCUT2D eigenvalue weighted by Crippen LogP contribution is -2.29. The largest absolute Gasteiger partial charge is 0.492 e. The summed E-state index contributed by atoms with van der Waals surface area (Å²) in [7, 11) is 0. The van der Waals surface area contributed by atoms with Crippen LogP contribution < -0.4 is 15.8 Å². The van der Waals surface area contributed by atoms with Gasteiger partial charge in [-0.15, -0.1) is 0 Å². The monoisotopic (exact) mass is 329 g/mol. The second-order valence-electron chi connectivity index (χ2n) is 6.06. The van der Waals surface area contributed by atoms with Gasteiger partial charge in [-0.3, -0.25) is 4.79 Å². The van der Waals surface area contributed by atoms with Gasteiger partial charge in [-0.25, -0.2) is 9.67 Å². The molecule has 1 amide bonds. The number of rotatable bonds is 7. The number of nitrogens with one attached hydrogen (secondary N) is 1. The second kappa shape index (κ2) is 7.92. The van der Waals surface area contributed by atoms with Crippen LogP contribution in [0, 0.1) is 11.8 Å². The SMILES string of the molecule is NC[C@H]1CCC[C@H]1C(=O)Nc1cccc(OCCn2cncn2)c1. The van der Waals surface area contributed by atoms with Crippen LogP contribution in [0.3, 0.4) is 0 Å². The van der Waals surface area contributed by atoms with Gasteiger partial charge in [0.2, 0.25) is 5.91 Å². The predicted molar refractivity (Wildman–Crippen MR) is 90.5 cm³/mol. The van der Waals surface area contributed by atoms with E-state index in [1.807, 2.05) is 24.3 Å². The van der Waals surface area contributed by atoms with Crippen LogP contribution in [0.15, 0.2) is 36.9 Å². The highest BCUT2D eigenvalue weighted by molar-refractivity contribution is 5.93. The van der Waals surface area contributed by atoms with Crippen molar-refractivity contribution in [2.24, 2.45) is 17.6 Å². The smallest absolute Gasteiger partial charge is 0.227 e. The molecule has 1 fully saturated rings.